The van der Waals surface area contributed by atoms with Crippen LogP contribution in [0.25, 0.3) is 0 Å². The zero-order chi connectivity index (χ0) is 17.9. The summed E-state index contributed by atoms with van der Waals surface area (Å²) in [6, 6.07) is 19.2. The summed E-state index contributed by atoms with van der Waals surface area (Å²) >= 11 is 0. The van der Waals surface area contributed by atoms with Crippen LogP contribution in [-0.2, 0) is 11.2 Å². The van der Waals surface area contributed by atoms with Crippen LogP contribution in [0, 0.1) is 0 Å². The summed E-state index contributed by atoms with van der Waals surface area (Å²) in [5.41, 5.74) is 1.99. The van der Waals surface area contributed by atoms with E-state index in [0.29, 0.717) is 6.54 Å². The van der Waals surface area contributed by atoms with E-state index in [1.54, 1.807) is 12.1 Å². The van der Waals surface area contributed by atoms with Crippen LogP contribution in [0.2, 0.25) is 0 Å². The van der Waals surface area contributed by atoms with E-state index >= 15 is 0 Å². The van der Waals surface area contributed by atoms with Crippen molar-refractivity contribution in [1.29, 1.82) is 0 Å². The summed E-state index contributed by atoms with van der Waals surface area (Å²) in [6.07, 6.45) is 2.08. The minimum Gasteiger partial charge on any atom is -0.354 e. The van der Waals surface area contributed by atoms with E-state index in [-0.39, 0.29) is 24.4 Å². The first-order valence-electron chi connectivity index (χ1n) is 8.56. The van der Waals surface area contributed by atoms with Gasteiger partial charge in [0.2, 0.25) is 5.91 Å². The number of para-hydroxylation sites is 1. The maximum absolute atomic E-state index is 11.9. The summed E-state index contributed by atoms with van der Waals surface area (Å²) in [5.74, 6) is -0.0550. The second-order valence-electron chi connectivity index (χ2n) is 5.99. The number of carbonyl (C=O) groups is 2. The minimum absolute atomic E-state index is 0.0550. The van der Waals surface area contributed by atoms with Gasteiger partial charge in [-0.1, -0.05) is 48.5 Å². The van der Waals surface area contributed by atoms with E-state index in [0.717, 1.165) is 18.5 Å². The van der Waals surface area contributed by atoms with Crippen molar-refractivity contribution in [2.45, 2.75) is 32.2 Å². The molecule has 0 aromatic heterocycles. The van der Waals surface area contributed by atoms with Gasteiger partial charge in [-0.3, -0.25) is 4.79 Å². The predicted octanol–water partition coefficient (Wildman–Crippen LogP) is 3.34. The number of benzene rings is 2. The first-order chi connectivity index (χ1) is 12.1. The van der Waals surface area contributed by atoms with Crippen molar-refractivity contribution in [3.05, 3.63) is 66.2 Å². The van der Waals surface area contributed by atoms with Gasteiger partial charge in [0.05, 0.1) is 0 Å². The molecule has 3 N–H and O–H groups in total. The topological polar surface area (TPSA) is 70.2 Å². The monoisotopic (exact) mass is 339 g/mol. The molecule has 0 unspecified atom stereocenters. The number of carbonyl (C=O) groups excluding carboxylic acids is 2. The normalized spacial score (nSPS) is 11.4. The molecule has 0 aliphatic heterocycles. The van der Waals surface area contributed by atoms with Gasteiger partial charge in [0.1, 0.15) is 0 Å². The Morgan fingerprint density at radius 2 is 1.60 bits per heavy atom. The molecule has 0 saturated carbocycles. The predicted molar refractivity (Wildman–Crippen MR) is 100 cm³/mol. The summed E-state index contributed by atoms with van der Waals surface area (Å²) < 4.78 is 0. The highest BCUT2D eigenvalue weighted by Gasteiger charge is 2.08. The second kappa shape index (κ2) is 10.1. The van der Waals surface area contributed by atoms with Crippen LogP contribution in [0.4, 0.5) is 10.5 Å². The number of hydrogen-bond acceptors (Lipinski definition) is 2. The van der Waals surface area contributed by atoms with Crippen LogP contribution in [-0.4, -0.2) is 24.5 Å². The highest BCUT2D eigenvalue weighted by atomic mass is 16.2. The van der Waals surface area contributed by atoms with Crippen LogP contribution >= 0.6 is 0 Å². The fraction of sp³-hybridized carbons (Fsp3) is 0.300. The van der Waals surface area contributed by atoms with Crippen LogP contribution in [0.5, 0.6) is 0 Å². The van der Waals surface area contributed by atoms with Crippen molar-refractivity contribution in [2.75, 3.05) is 11.9 Å². The van der Waals surface area contributed by atoms with E-state index in [1.165, 1.54) is 5.56 Å². The zero-order valence-electron chi connectivity index (χ0n) is 14.5. The Labute approximate surface area is 148 Å². The van der Waals surface area contributed by atoms with Crippen molar-refractivity contribution >= 4 is 17.6 Å². The highest BCUT2D eigenvalue weighted by molar-refractivity contribution is 5.89. The molecule has 0 saturated heterocycles. The Morgan fingerprint density at radius 3 is 2.28 bits per heavy atom. The standard InChI is InChI=1S/C20H25N3O2/c1-16(12-13-17-8-4-2-5-9-17)22-19(24)14-15-21-20(25)23-18-10-6-3-7-11-18/h2-11,16H,12-15H2,1H3,(H,22,24)(H2,21,23,25)/t16-/m1/s1. The quantitative estimate of drug-likeness (QED) is 0.690. The van der Waals surface area contributed by atoms with Crippen molar-refractivity contribution in [3.8, 4) is 0 Å². The van der Waals surface area contributed by atoms with Gasteiger partial charge in [0.25, 0.3) is 0 Å². The number of nitrogens with one attached hydrogen (secondary N) is 3. The van der Waals surface area contributed by atoms with Gasteiger partial charge in [-0.05, 0) is 37.5 Å². The van der Waals surface area contributed by atoms with Crippen LogP contribution in [0.3, 0.4) is 0 Å². The van der Waals surface area contributed by atoms with Crippen molar-refractivity contribution in [2.24, 2.45) is 0 Å². The molecule has 0 spiro atoms. The molecule has 0 heterocycles. The first-order valence-corrected chi connectivity index (χ1v) is 8.56. The van der Waals surface area contributed by atoms with E-state index in [2.05, 4.69) is 28.1 Å². The number of amides is 3. The van der Waals surface area contributed by atoms with E-state index in [9.17, 15) is 9.59 Å². The Kier molecular flexibility index (Phi) is 7.50. The molecule has 0 fully saturated rings. The smallest absolute Gasteiger partial charge is 0.319 e. The molecular formula is C20H25N3O2. The Hall–Kier alpha value is -2.82. The second-order valence-corrected chi connectivity index (χ2v) is 5.99. The van der Waals surface area contributed by atoms with Gasteiger partial charge in [-0.15, -0.1) is 0 Å². The summed E-state index contributed by atoms with van der Waals surface area (Å²) in [7, 11) is 0. The Balaban J connectivity index is 1.59. The van der Waals surface area contributed by atoms with E-state index in [1.807, 2.05) is 43.3 Å². The molecule has 1 atom stereocenters. The third kappa shape index (κ3) is 7.52. The molecule has 3 amide bonds. The van der Waals surface area contributed by atoms with Gasteiger partial charge in [-0.2, -0.15) is 0 Å². The average Bonchev–Trinajstić information content (AvgIpc) is 2.61. The number of rotatable bonds is 8. The molecule has 0 bridgehead atoms. The molecule has 2 aromatic rings. The fourth-order valence-electron chi connectivity index (χ4n) is 2.43. The number of aryl methyl sites for hydroxylation is 1. The third-order valence-electron chi connectivity index (χ3n) is 3.79. The molecule has 0 aliphatic rings. The van der Waals surface area contributed by atoms with Crippen LogP contribution in [0.15, 0.2) is 60.7 Å². The van der Waals surface area contributed by atoms with Gasteiger partial charge in [0, 0.05) is 24.7 Å². The SMILES string of the molecule is C[C@H](CCc1ccccc1)NC(=O)CCNC(=O)Nc1ccccc1. The minimum atomic E-state index is -0.309. The molecule has 0 radical (unpaired) electrons. The first kappa shape index (κ1) is 18.5. The Morgan fingerprint density at radius 1 is 0.960 bits per heavy atom. The molecular weight excluding hydrogens is 314 g/mol. The lowest BCUT2D eigenvalue weighted by molar-refractivity contribution is -0.121. The van der Waals surface area contributed by atoms with Crippen LogP contribution in [0.1, 0.15) is 25.3 Å². The number of hydrogen-bond donors (Lipinski definition) is 3. The third-order valence-corrected chi connectivity index (χ3v) is 3.79. The average molecular weight is 339 g/mol. The lowest BCUT2D eigenvalue weighted by Crippen LogP contribution is -2.36. The molecule has 0 aliphatic carbocycles. The number of urea groups is 1. The van der Waals surface area contributed by atoms with E-state index < -0.39 is 0 Å². The summed E-state index contributed by atoms with van der Waals surface area (Å²) in [5, 5.41) is 8.36. The highest BCUT2D eigenvalue weighted by Crippen LogP contribution is 2.05. The molecule has 132 valence electrons. The number of anilines is 1. The van der Waals surface area contributed by atoms with Gasteiger partial charge in [0.15, 0.2) is 0 Å². The van der Waals surface area contributed by atoms with E-state index in [4.69, 9.17) is 0 Å². The molecule has 5 heteroatoms. The van der Waals surface area contributed by atoms with Crippen molar-refractivity contribution < 1.29 is 9.59 Å². The molecule has 5 nitrogen and oxygen atoms in total. The Bertz CT molecular complexity index is 659. The van der Waals surface area contributed by atoms with Crippen molar-refractivity contribution in [1.82, 2.24) is 10.6 Å². The van der Waals surface area contributed by atoms with Crippen molar-refractivity contribution in [3.63, 3.8) is 0 Å². The van der Waals surface area contributed by atoms with Gasteiger partial charge < -0.3 is 16.0 Å². The summed E-state index contributed by atoms with van der Waals surface area (Å²) in [4.78, 5) is 23.6. The molecule has 25 heavy (non-hydrogen) atoms. The molecule has 2 aromatic carbocycles. The fourth-order valence-corrected chi connectivity index (χ4v) is 2.43. The lowest BCUT2D eigenvalue weighted by atomic mass is 10.1. The maximum atomic E-state index is 11.9. The largest absolute Gasteiger partial charge is 0.354 e. The van der Waals surface area contributed by atoms with Gasteiger partial charge >= 0.3 is 6.03 Å². The maximum Gasteiger partial charge on any atom is 0.319 e. The zero-order valence-corrected chi connectivity index (χ0v) is 14.5. The van der Waals surface area contributed by atoms with Gasteiger partial charge in [-0.25, -0.2) is 4.79 Å². The van der Waals surface area contributed by atoms with Crippen LogP contribution < -0.4 is 16.0 Å². The lowest BCUT2D eigenvalue weighted by Gasteiger charge is -2.14. The molecule has 2 rings (SSSR count). The summed E-state index contributed by atoms with van der Waals surface area (Å²) in [6.45, 7) is 2.30.